The summed E-state index contributed by atoms with van der Waals surface area (Å²) in [5.74, 6) is 0. The van der Waals surface area contributed by atoms with E-state index in [1.54, 1.807) is 0 Å². The van der Waals surface area contributed by atoms with Crippen LogP contribution in [0.5, 0.6) is 0 Å². The molecule has 7 heteroatoms. The van der Waals surface area contributed by atoms with Gasteiger partial charge in [-0.2, -0.15) is 0 Å². The first kappa shape index (κ1) is 43.2. The molecule has 1 aliphatic rings. The normalized spacial score (nSPS) is 13.1. The topological polar surface area (TPSA) is 38.4 Å². The molecule has 0 saturated heterocycles. The lowest BCUT2D eigenvalue weighted by Gasteiger charge is -2.45. The van der Waals surface area contributed by atoms with E-state index in [1.165, 1.54) is 69.0 Å². The van der Waals surface area contributed by atoms with Crippen molar-refractivity contribution in [2.24, 2.45) is 0 Å². The number of para-hydroxylation sites is 3. The average Bonchev–Trinajstić information content (AvgIpc) is 4.27. The van der Waals surface area contributed by atoms with Gasteiger partial charge in [0.25, 0.3) is 0 Å². The van der Waals surface area contributed by atoms with Crippen LogP contribution in [0.15, 0.2) is 286 Å². The zero-order valence-corrected chi connectivity index (χ0v) is 42.9. The molecule has 0 fully saturated rings. The molecule has 0 bridgehead atoms. The molecule has 0 saturated carbocycles. The van der Waals surface area contributed by atoms with Crippen molar-refractivity contribution in [2.45, 2.75) is 0 Å². The van der Waals surface area contributed by atoms with Gasteiger partial charge in [0.2, 0.25) is 0 Å². The lowest BCUT2D eigenvalue weighted by molar-refractivity contribution is 1.14. The molecule has 5 nitrogen and oxygen atoms in total. The Hall–Kier alpha value is -9.41. The van der Waals surface area contributed by atoms with Gasteiger partial charge in [-0.3, -0.25) is 8.97 Å². The van der Waals surface area contributed by atoms with Gasteiger partial charge in [-0.1, -0.05) is 212 Å². The van der Waals surface area contributed by atoms with Gasteiger partial charge in [0, 0.05) is 57.2 Å². The Labute approximate surface area is 436 Å². The minimum absolute atomic E-state index is 0.919. The number of aromatic nitrogens is 4. The number of hydrogen-bond donors (Lipinski definition) is 0. The minimum atomic E-state index is -3.12. The van der Waals surface area contributed by atoms with Crippen molar-refractivity contribution in [3.63, 3.8) is 0 Å². The van der Waals surface area contributed by atoms with E-state index < -0.39 is 16.1 Å². The van der Waals surface area contributed by atoms with Crippen LogP contribution in [0.4, 0.5) is 17.1 Å². The molecule has 75 heavy (non-hydrogen) atoms. The maximum absolute atomic E-state index is 5.35. The van der Waals surface area contributed by atoms with Crippen LogP contribution in [0, 0.1) is 0 Å². The highest BCUT2D eigenvalue weighted by Crippen LogP contribution is 2.45. The van der Waals surface area contributed by atoms with Gasteiger partial charge in [-0.15, -0.1) is 0 Å². The van der Waals surface area contributed by atoms with E-state index in [4.69, 9.17) is 9.97 Å². The highest BCUT2D eigenvalue weighted by Gasteiger charge is 2.50. The third-order valence-electron chi connectivity index (χ3n) is 16.0. The van der Waals surface area contributed by atoms with Gasteiger partial charge < -0.3 is 4.90 Å². The number of imidazole rings is 1. The molecule has 0 spiro atoms. The third kappa shape index (κ3) is 6.23. The highest BCUT2D eigenvalue weighted by atomic mass is 28.3. The van der Waals surface area contributed by atoms with E-state index in [0.29, 0.717) is 0 Å². The van der Waals surface area contributed by atoms with E-state index in [1.807, 2.05) is 12.4 Å². The molecule has 352 valence electrons. The number of nitrogens with zero attached hydrogens (tertiary/aromatic N) is 5. The Morgan fingerprint density at radius 1 is 0.360 bits per heavy atom. The van der Waals surface area contributed by atoms with Gasteiger partial charge in [-0.05, 0) is 101 Å². The second-order valence-corrected chi connectivity index (χ2v) is 27.2. The van der Waals surface area contributed by atoms with Crippen molar-refractivity contribution in [3.8, 4) is 5.69 Å². The van der Waals surface area contributed by atoms with Gasteiger partial charge in [0.15, 0.2) is 16.1 Å². The Morgan fingerprint density at radius 3 is 1.68 bits per heavy atom. The predicted octanol–water partition coefficient (Wildman–Crippen LogP) is 10.7. The van der Waals surface area contributed by atoms with Crippen LogP contribution < -0.4 is 46.4 Å². The monoisotopic (exact) mass is 989 g/mol. The first-order valence-electron chi connectivity index (χ1n) is 25.7. The van der Waals surface area contributed by atoms with Gasteiger partial charge >= 0.3 is 0 Å². The number of anilines is 3. The first-order valence-corrected chi connectivity index (χ1v) is 29.7. The van der Waals surface area contributed by atoms with Crippen LogP contribution in [-0.4, -0.2) is 35.1 Å². The van der Waals surface area contributed by atoms with Crippen LogP contribution >= 0.6 is 0 Å². The van der Waals surface area contributed by atoms with Gasteiger partial charge in [0.1, 0.15) is 11.3 Å². The molecule has 4 aromatic heterocycles. The maximum Gasteiger partial charge on any atom is 0.184 e. The molecule has 0 radical (unpaired) electrons. The fraction of sp³-hybridized carbons (Fsp3) is 0. The quantitative estimate of drug-likeness (QED) is 0.0865. The Morgan fingerprint density at radius 2 is 0.947 bits per heavy atom. The number of pyridine rings is 2. The average molecular weight is 990 g/mol. The van der Waals surface area contributed by atoms with E-state index >= 15 is 0 Å². The summed E-state index contributed by atoms with van der Waals surface area (Å²) in [6.07, 6.45) is 5.97. The van der Waals surface area contributed by atoms with Crippen molar-refractivity contribution in [1.82, 2.24) is 18.9 Å². The van der Waals surface area contributed by atoms with Crippen LogP contribution in [0.1, 0.15) is 0 Å². The highest BCUT2D eigenvalue weighted by molar-refractivity contribution is 7.22. The number of fused-ring (bicyclic) bond motifs is 12. The minimum Gasteiger partial charge on any atom is -0.310 e. The molecule has 10 aromatic carbocycles. The Bertz CT molecular complexity index is 4400. The molecule has 0 atom stereocenters. The summed E-state index contributed by atoms with van der Waals surface area (Å²) in [7, 11) is -6.11. The summed E-state index contributed by atoms with van der Waals surface area (Å²) >= 11 is 0. The fourth-order valence-corrected chi connectivity index (χ4v) is 22.9. The summed E-state index contributed by atoms with van der Waals surface area (Å²) in [6, 6.07) is 99.8. The van der Waals surface area contributed by atoms with E-state index in [9.17, 15) is 0 Å². The van der Waals surface area contributed by atoms with Crippen molar-refractivity contribution in [1.29, 1.82) is 0 Å². The molecular formula is C68H47N5Si2. The number of hydrogen-bond acceptors (Lipinski definition) is 3. The molecule has 1 aliphatic heterocycles. The molecular weight excluding hydrogens is 943 g/mol. The van der Waals surface area contributed by atoms with E-state index in [2.05, 4.69) is 287 Å². The van der Waals surface area contributed by atoms with E-state index in [-0.39, 0.29) is 0 Å². The van der Waals surface area contributed by atoms with Crippen molar-refractivity contribution < 1.29 is 0 Å². The maximum atomic E-state index is 5.35. The second kappa shape index (κ2) is 17.1. The summed E-state index contributed by atoms with van der Waals surface area (Å²) < 4.78 is 4.68. The van der Waals surface area contributed by atoms with Crippen LogP contribution in [-0.2, 0) is 0 Å². The fourth-order valence-electron chi connectivity index (χ4n) is 13.0. The lowest BCUT2D eigenvalue weighted by atomic mass is 10.1. The molecule has 5 heterocycles. The van der Waals surface area contributed by atoms with Crippen molar-refractivity contribution >= 4 is 124 Å². The van der Waals surface area contributed by atoms with Crippen LogP contribution in [0.25, 0.3) is 54.9 Å². The standard InChI is InChI=1S/C68H47N5Si2/c1-6-22-48(23-7-1)72-61-37-18-19-38-63(61)75(52-29-12-4-13-30-52,53-31-14-5-15-32-53)64-42-41-62-65(66(64)72)58-35-21-43-69-68(58)73(62)49-24-20-33-54(46-49)74(50-25-8-2-9-26-50,51-27-10-3-11-28-51)55-39-40-56-57-34-16-17-36-60(57)71-45-44-70-67(71)59(56)47-55/h1-47H. The molecule has 0 amide bonds. The predicted molar refractivity (Wildman–Crippen MR) is 318 cm³/mol. The lowest BCUT2D eigenvalue weighted by Crippen LogP contribution is -2.77. The zero-order chi connectivity index (χ0) is 49.5. The Balaban J connectivity index is 1.04. The summed E-state index contributed by atoms with van der Waals surface area (Å²) in [5, 5.41) is 16.4. The van der Waals surface area contributed by atoms with E-state index in [0.717, 1.165) is 44.5 Å². The smallest absolute Gasteiger partial charge is 0.184 e. The molecule has 0 unspecified atom stereocenters. The largest absolute Gasteiger partial charge is 0.310 e. The summed E-state index contributed by atoms with van der Waals surface area (Å²) in [6.45, 7) is 0. The van der Waals surface area contributed by atoms with Gasteiger partial charge in [-0.25, -0.2) is 9.97 Å². The summed E-state index contributed by atoms with van der Waals surface area (Å²) in [5.41, 5.74) is 8.72. The molecule has 15 rings (SSSR count). The second-order valence-electron chi connectivity index (χ2n) is 19.7. The van der Waals surface area contributed by atoms with Crippen molar-refractivity contribution in [3.05, 3.63) is 286 Å². The van der Waals surface area contributed by atoms with Crippen LogP contribution in [0.3, 0.4) is 0 Å². The number of rotatable bonds is 8. The van der Waals surface area contributed by atoms with Gasteiger partial charge in [0.05, 0.1) is 16.7 Å². The van der Waals surface area contributed by atoms with Crippen molar-refractivity contribution in [2.75, 3.05) is 4.90 Å². The first-order chi connectivity index (χ1) is 37.2. The number of benzene rings is 10. The molecule has 0 N–H and O–H groups in total. The summed E-state index contributed by atoms with van der Waals surface area (Å²) in [4.78, 5) is 12.9. The Kier molecular flexibility index (Phi) is 9.85. The third-order valence-corrected chi connectivity index (χ3v) is 25.6. The molecule has 0 aliphatic carbocycles. The SMILES string of the molecule is c1ccc(N2c3ccccc3[Si](c3ccccc3)(c3ccccc3)c3ccc4c(c32)c2cccnc2n4-c2cccc([Si](c3ccccc3)(c3ccccc3)c3ccc4c5ccccc5n5ccnc5c4c3)c2)cc1. The van der Waals surface area contributed by atoms with Crippen LogP contribution in [0.2, 0.25) is 0 Å². The molecule has 14 aromatic rings. The zero-order valence-electron chi connectivity index (χ0n) is 40.9.